The lowest BCUT2D eigenvalue weighted by atomic mass is 9.89. The summed E-state index contributed by atoms with van der Waals surface area (Å²) in [5.74, 6) is -0.121. The van der Waals surface area contributed by atoms with Crippen molar-refractivity contribution in [2.24, 2.45) is 0 Å². The highest BCUT2D eigenvalue weighted by Crippen LogP contribution is 2.29. The Bertz CT molecular complexity index is 1360. The number of carbonyl (C=O) groups is 1. The van der Waals surface area contributed by atoms with E-state index in [-0.39, 0.29) is 40.7 Å². The van der Waals surface area contributed by atoms with E-state index in [0.29, 0.717) is 17.0 Å². The van der Waals surface area contributed by atoms with Crippen LogP contribution in [0, 0.1) is 0 Å². The summed E-state index contributed by atoms with van der Waals surface area (Å²) in [6.45, 7) is 0. The summed E-state index contributed by atoms with van der Waals surface area (Å²) in [6, 6.07) is 5.00. The molecule has 0 bridgehead atoms. The first-order valence-corrected chi connectivity index (χ1v) is 10.3. The zero-order valence-electron chi connectivity index (χ0n) is 17.9. The monoisotopic (exact) mass is 451 g/mol. The summed E-state index contributed by atoms with van der Waals surface area (Å²) in [7, 11) is 3.33. The molecule has 5 rings (SSSR count). The number of anilines is 3. The van der Waals surface area contributed by atoms with Crippen LogP contribution in [0.25, 0.3) is 17.0 Å². The number of fused-ring (bicyclic) bond motifs is 1. The van der Waals surface area contributed by atoms with Crippen molar-refractivity contribution in [1.82, 2.24) is 25.0 Å². The number of hydrogen-bond acceptors (Lipinski definition) is 10. The molecule has 0 aromatic carbocycles. The van der Waals surface area contributed by atoms with E-state index >= 15 is 0 Å². The average molecular weight is 451 g/mol. The van der Waals surface area contributed by atoms with Crippen LogP contribution >= 0.6 is 0 Å². The summed E-state index contributed by atoms with van der Waals surface area (Å²) in [6.07, 6.45) is 6.07. The molecule has 1 fully saturated rings. The molecule has 33 heavy (non-hydrogen) atoms. The number of methoxy groups -OCH3 is 1. The van der Waals surface area contributed by atoms with Crippen molar-refractivity contribution < 1.29 is 18.5 Å². The van der Waals surface area contributed by atoms with E-state index < -0.39 is 5.91 Å². The summed E-state index contributed by atoms with van der Waals surface area (Å²) >= 11 is 0. The van der Waals surface area contributed by atoms with Gasteiger partial charge in [-0.15, -0.1) is 0 Å². The second kappa shape index (κ2) is 8.39. The lowest BCUT2D eigenvalue weighted by Gasteiger charge is -2.35. The number of oxazole rings is 1. The zero-order valence-corrected chi connectivity index (χ0v) is 17.9. The highest BCUT2D eigenvalue weighted by molar-refractivity contribution is 6.05. The molecular weight excluding hydrogens is 430 g/mol. The van der Waals surface area contributed by atoms with Gasteiger partial charge < -0.3 is 29.6 Å². The Balaban J connectivity index is 1.48. The molecule has 0 aliphatic heterocycles. The summed E-state index contributed by atoms with van der Waals surface area (Å²) in [5, 5.41) is 12.9. The number of carbonyl (C=O) groups excluding carboxylic acids is 1. The smallest absolute Gasteiger partial charge is 0.308 e. The quantitative estimate of drug-likeness (QED) is 0.381. The van der Waals surface area contributed by atoms with Gasteiger partial charge in [0.2, 0.25) is 5.76 Å². The zero-order chi connectivity index (χ0) is 22.9. The predicted molar refractivity (Wildman–Crippen MR) is 118 cm³/mol. The third kappa shape index (κ3) is 3.69. The van der Waals surface area contributed by atoms with Gasteiger partial charge in [0.15, 0.2) is 5.52 Å². The Hall–Kier alpha value is -4.19. The lowest BCUT2D eigenvalue weighted by molar-refractivity contribution is 0.00678. The Morgan fingerprint density at radius 3 is 2.85 bits per heavy atom. The fraction of sp³-hybridized carbons (Fsp3) is 0.286. The fourth-order valence-corrected chi connectivity index (χ4v) is 3.69. The molecule has 0 radical (unpaired) electrons. The van der Waals surface area contributed by atoms with E-state index in [0.717, 1.165) is 12.8 Å². The molecule has 1 saturated carbocycles. The third-order valence-electron chi connectivity index (χ3n) is 5.58. The third-order valence-corrected chi connectivity index (χ3v) is 5.58. The highest BCUT2D eigenvalue weighted by atomic mass is 16.5. The first-order valence-electron chi connectivity index (χ1n) is 10.3. The minimum atomic E-state index is -0.429. The van der Waals surface area contributed by atoms with Gasteiger partial charge in [0.05, 0.1) is 24.0 Å². The Morgan fingerprint density at radius 2 is 2.15 bits per heavy atom. The molecule has 0 unspecified atom stereocenters. The Morgan fingerprint density at radius 1 is 1.27 bits per heavy atom. The van der Waals surface area contributed by atoms with Crippen molar-refractivity contribution in [2.75, 3.05) is 24.8 Å². The topological polar surface area (TPSA) is 149 Å². The fourth-order valence-electron chi connectivity index (χ4n) is 3.69. The van der Waals surface area contributed by atoms with Gasteiger partial charge in [0.25, 0.3) is 11.5 Å². The molecule has 4 aromatic heterocycles. The standard InChI is InChI=1S/C21H21N7O5/c1-22-13-10-15(24-12-4-3-8-28(20(12)30)21-23-7-9-32-21)26-17-16(13)27-33-18(17)19(29)25-11-5-6-14(11)31-2/h3-4,7-11,14,22H,5-6H2,1-2H3,(H,24,26)(H,25,29)/t11-,14-/m1/s1. The second-order valence-electron chi connectivity index (χ2n) is 7.48. The van der Waals surface area contributed by atoms with Crippen molar-refractivity contribution in [3.8, 4) is 6.01 Å². The number of aromatic nitrogens is 4. The van der Waals surface area contributed by atoms with Crippen LogP contribution in [0.5, 0.6) is 0 Å². The van der Waals surface area contributed by atoms with Gasteiger partial charge >= 0.3 is 6.01 Å². The molecule has 0 spiro atoms. The van der Waals surface area contributed by atoms with Crippen LogP contribution < -0.4 is 21.5 Å². The average Bonchev–Trinajstić information content (AvgIpc) is 3.48. The number of pyridine rings is 2. The Kier molecular flexibility index (Phi) is 5.26. The molecular formula is C21H21N7O5. The number of ether oxygens (including phenoxy) is 1. The maximum atomic E-state index is 12.9. The van der Waals surface area contributed by atoms with Crippen molar-refractivity contribution in [1.29, 1.82) is 0 Å². The van der Waals surface area contributed by atoms with Crippen LogP contribution in [0.15, 0.2) is 50.6 Å². The van der Waals surface area contributed by atoms with Gasteiger partial charge in [-0.05, 0) is 25.0 Å². The van der Waals surface area contributed by atoms with E-state index in [2.05, 4.69) is 31.1 Å². The minimum absolute atomic E-state index is 0.0165. The lowest BCUT2D eigenvalue weighted by Crippen LogP contribution is -2.51. The van der Waals surface area contributed by atoms with E-state index in [1.165, 1.54) is 17.0 Å². The summed E-state index contributed by atoms with van der Waals surface area (Å²) in [4.78, 5) is 34.2. The largest absolute Gasteiger partial charge is 0.432 e. The van der Waals surface area contributed by atoms with Crippen molar-refractivity contribution in [3.63, 3.8) is 0 Å². The van der Waals surface area contributed by atoms with Gasteiger partial charge in [-0.3, -0.25) is 9.59 Å². The van der Waals surface area contributed by atoms with E-state index in [1.807, 2.05) is 0 Å². The molecule has 1 amide bonds. The van der Waals surface area contributed by atoms with Crippen molar-refractivity contribution in [2.45, 2.75) is 25.0 Å². The van der Waals surface area contributed by atoms with Crippen LogP contribution in [0.4, 0.5) is 17.2 Å². The van der Waals surface area contributed by atoms with Gasteiger partial charge in [-0.25, -0.2) is 14.5 Å². The van der Waals surface area contributed by atoms with Crippen LogP contribution in [0.3, 0.4) is 0 Å². The highest BCUT2D eigenvalue weighted by Gasteiger charge is 2.34. The molecule has 3 N–H and O–H groups in total. The van der Waals surface area contributed by atoms with Crippen molar-refractivity contribution >= 4 is 34.1 Å². The Labute approximate surface area is 186 Å². The number of nitrogens with one attached hydrogen (secondary N) is 3. The SMILES string of the molecule is CNc1cc(Nc2cccn(-c3ncco3)c2=O)nc2c(C(=O)N[C@@H]3CC[C@H]3OC)onc12. The first kappa shape index (κ1) is 20.7. The molecule has 1 aliphatic rings. The number of nitrogens with zero attached hydrogens (tertiary/aromatic N) is 4. The first-order chi connectivity index (χ1) is 16.1. The number of amides is 1. The predicted octanol–water partition coefficient (Wildman–Crippen LogP) is 2.05. The molecule has 12 heteroatoms. The number of rotatable bonds is 7. The van der Waals surface area contributed by atoms with E-state index in [9.17, 15) is 9.59 Å². The van der Waals surface area contributed by atoms with Crippen molar-refractivity contribution in [3.05, 3.63) is 53.0 Å². The maximum absolute atomic E-state index is 12.9. The molecule has 4 heterocycles. The van der Waals surface area contributed by atoms with Crippen LogP contribution in [-0.4, -0.2) is 51.9 Å². The molecule has 0 saturated heterocycles. The summed E-state index contributed by atoms with van der Waals surface area (Å²) in [5.41, 5.74) is 1.10. The van der Waals surface area contributed by atoms with Crippen LogP contribution in [-0.2, 0) is 4.74 Å². The molecule has 1 aliphatic carbocycles. The van der Waals surface area contributed by atoms with Gasteiger partial charge in [-0.1, -0.05) is 5.16 Å². The second-order valence-corrected chi connectivity index (χ2v) is 7.48. The van der Waals surface area contributed by atoms with Gasteiger partial charge in [0.1, 0.15) is 23.3 Å². The molecule has 4 aromatic rings. The van der Waals surface area contributed by atoms with Crippen LogP contribution in [0.2, 0.25) is 0 Å². The molecule has 2 atom stereocenters. The van der Waals surface area contributed by atoms with Gasteiger partial charge in [0, 0.05) is 26.4 Å². The van der Waals surface area contributed by atoms with E-state index in [1.54, 1.807) is 38.6 Å². The molecule has 12 nitrogen and oxygen atoms in total. The normalized spacial score (nSPS) is 17.5. The summed E-state index contributed by atoms with van der Waals surface area (Å²) < 4.78 is 17.2. The minimum Gasteiger partial charge on any atom is -0.432 e. The number of hydrogen-bond donors (Lipinski definition) is 3. The molecule has 170 valence electrons. The van der Waals surface area contributed by atoms with Gasteiger partial charge in [-0.2, -0.15) is 0 Å². The maximum Gasteiger partial charge on any atom is 0.308 e. The van der Waals surface area contributed by atoms with E-state index in [4.69, 9.17) is 13.7 Å². The van der Waals surface area contributed by atoms with Crippen LogP contribution in [0.1, 0.15) is 23.4 Å².